The van der Waals surface area contributed by atoms with Gasteiger partial charge in [-0.15, -0.1) is 0 Å². The van der Waals surface area contributed by atoms with Gasteiger partial charge in [-0.2, -0.15) is 0 Å². The molecule has 120 valence electrons. The van der Waals surface area contributed by atoms with E-state index >= 15 is 0 Å². The Bertz CT molecular complexity index is 789. The van der Waals surface area contributed by atoms with Crippen LogP contribution in [0, 0.1) is 13.8 Å². The Kier molecular flexibility index (Phi) is 4.24. The molecule has 0 spiro atoms. The van der Waals surface area contributed by atoms with Crippen LogP contribution in [-0.2, 0) is 11.2 Å². The number of H-pyrrole nitrogens is 2. The van der Waals surface area contributed by atoms with Crippen molar-refractivity contribution in [3.8, 4) is 0 Å². The molecule has 0 saturated carbocycles. The molecule has 2 aromatic rings. The van der Waals surface area contributed by atoms with Crippen LogP contribution in [-0.4, -0.2) is 22.3 Å². The Balaban J connectivity index is 2.01. The SMILES string of the molecule is CCOC1=CC(c2ccc[nH]2)=NC1=Cc1[nH]c(C)c(CC)c1C. The molecule has 1 aliphatic heterocycles. The lowest BCUT2D eigenvalue weighted by atomic mass is 10.1. The van der Waals surface area contributed by atoms with E-state index in [2.05, 4.69) is 36.8 Å². The number of hydrogen-bond acceptors (Lipinski definition) is 2. The van der Waals surface area contributed by atoms with Crippen LogP contribution in [0.25, 0.3) is 6.08 Å². The summed E-state index contributed by atoms with van der Waals surface area (Å²) in [4.78, 5) is 11.4. The number of aromatic amines is 2. The summed E-state index contributed by atoms with van der Waals surface area (Å²) in [5.74, 6) is 0.821. The van der Waals surface area contributed by atoms with Gasteiger partial charge in [-0.3, -0.25) is 0 Å². The highest BCUT2D eigenvalue weighted by molar-refractivity contribution is 6.11. The zero-order valence-corrected chi connectivity index (χ0v) is 14.2. The second-order valence-electron chi connectivity index (χ2n) is 5.67. The number of nitrogens with one attached hydrogen (secondary N) is 2. The molecule has 0 unspecified atom stereocenters. The Hall–Kier alpha value is -2.49. The van der Waals surface area contributed by atoms with Crippen molar-refractivity contribution >= 4 is 11.8 Å². The molecule has 0 fully saturated rings. The van der Waals surface area contributed by atoms with E-state index in [-0.39, 0.29) is 0 Å². The summed E-state index contributed by atoms with van der Waals surface area (Å²) >= 11 is 0. The first-order valence-corrected chi connectivity index (χ1v) is 8.11. The molecule has 0 bridgehead atoms. The molecule has 2 aromatic heterocycles. The molecule has 0 radical (unpaired) electrons. The first-order chi connectivity index (χ1) is 11.1. The molecule has 4 nitrogen and oxygen atoms in total. The fraction of sp³-hybridized carbons (Fsp3) is 0.316. The van der Waals surface area contributed by atoms with Gasteiger partial charge in [-0.25, -0.2) is 4.99 Å². The molecule has 0 amide bonds. The number of ether oxygens (including phenoxy) is 1. The van der Waals surface area contributed by atoms with E-state index in [4.69, 9.17) is 9.73 Å². The summed E-state index contributed by atoms with van der Waals surface area (Å²) in [7, 11) is 0. The van der Waals surface area contributed by atoms with E-state index in [1.807, 2.05) is 31.3 Å². The average Bonchev–Trinajstić information content (AvgIpc) is 3.22. The van der Waals surface area contributed by atoms with Gasteiger partial charge in [-0.1, -0.05) is 6.92 Å². The number of hydrogen-bond donors (Lipinski definition) is 2. The largest absolute Gasteiger partial charge is 0.492 e. The molecule has 0 atom stereocenters. The number of rotatable bonds is 5. The van der Waals surface area contributed by atoms with E-state index < -0.39 is 0 Å². The topological polar surface area (TPSA) is 53.2 Å². The van der Waals surface area contributed by atoms with Crippen LogP contribution in [0.2, 0.25) is 0 Å². The van der Waals surface area contributed by atoms with Crippen LogP contribution in [0.3, 0.4) is 0 Å². The van der Waals surface area contributed by atoms with Crippen molar-refractivity contribution in [3.63, 3.8) is 0 Å². The van der Waals surface area contributed by atoms with Crippen molar-refractivity contribution in [1.29, 1.82) is 0 Å². The number of nitrogens with zero attached hydrogens (tertiary/aromatic N) is 1. The van der Waals surface area contributed by atoms with Gasteiger partial charge in [0.1, 0.15) is 11.5 Å². The summed E-state index contributed by atoms with van der Waals surface area (Å²) in [6, 6.07) is 3.99. The van der Waals surface area contributed by atoms with E-state index in [0.717, 1.165) is 35.0 Å². The highest BCUT2D eigenvalue weighted by Gasteiger charge is 2.18. The minimum absolute atomic E-state index is 0.625. The van der Waals surface area contributed by atoms with Gasteiger partial charge < -0.3 is 14.7 Å². The lowest BCUT2D eigenvalue weighted by molar-refractivity contribution is 0.239. The highest BCUT2D eigenvalue weighted by atomic mass is 16.5. The third kappa shape index (κ3) is 2.89. The summed E-state index contributed by atoms with van der Waals surface area (Å²) < 4.78 is 5.77. The van der Waals surface area contributed by atoms with E-state index in [1.54, 1.807) is 0 Å². The van der Waals surface area contributed by atoms with Gasteiger partial charge in [0.25, 0.3) is 0 Å². The third-order valence-electron chi connectivity index (χ3n) is 4.20. The molecule has 1 aliphatic rings. The van der Waals surface area contributed by atoms with Crippen LogP contribution < -0.4 is 0 Å². The fourth-order valence-corrected chi connectivity index (χ4v) is 3.04. The Morgan fingerprint density at radius 3 is 2.70 bits per heavy atom. The normalized spacial score (nSPS) is 15.9. The van der Waals surface area contributed by atoms with Crippen LogP contribution in [0.4, 0.5) is 0 Å². The van der Waals surface area contributed by atoms with Crippen molar-refractivity contribution in [2.24, 2.45) is 4.99 Å². The predicted molar refractivity (Wildman–Crippen MR) is 94.7 cm³/mol. The monoisotopic (exact) mass is 309 g/mol. The van der Waals surface area contributed by atoms with Crippen LogP contribution >= 0.6 is 0 Å². The van der Waals surface area contributed by atoms with Gasteiger partial charge in [0.05, 0.1) is 18.0 Å². The molecule has 23 heavy (non-hydrogen) atoms. The molecule has 0 saturated heterocycles. The maximum Gasteiger partial charge on any atom is 0.147 e. The van der Waals surface area contributed by atoms with Gasteiger partial charge in [0.15, 0.2) is 0 Å². The minimum Gasteiger partial charge on any atom is -0.492 e. The summed E-state index contributed by atoms with van der Waals surface area (Å²) in [6.07, 6.45) is 7.01. The summed E-state index contributed by atoms with van der Waals surface area (Å²) in [6.45, 7) is 9.07. The molecule has 3 rings (SSSR count). The van der Waals surface area contributed by atoms with Crippen molar-refractivity contribution in [2.75, 3.05) is 6.61 Å². The Morgan fingerprint density at radius 1 is 1.26 bits per heavy atom. The fourth-order valence-electron chi connectivity index (χ4n) is 3.04. The van der Waals surface area contributed by atoms with Crippen molar-refractivity contribution in [3.05, 3.63) is 64.1 Å². The van der Waals surface area contributed by atoms with Crippen LogP contribution in [0.15, 0.2) is 40.9 Å². The van der Waals surface area contributed by atoms with Crippen molar-refractivity contribution in [1.82, 2.24) is 9.97 Å². The van der Waals surface area contributed by atoms with Gasteiger partial charge in [0, 0.05) is 23.7 Å². The lowest BCUT2D eigenvalue weighted by Crippen LogP contribution is -1.94. The smallest absolute Gasteiger partial charge is 0.147 e. The molecule has 4 heteroatoms. The van der Waals surface area contributed by atoms with E-state index in [9.17, 15) is 0 Å². The summed E-state index contributed by atoms with van der Waals surface area (Å²) in [5.41, 5.74) is 7.77. The first kappa shape index (κ1) is 15.4. The van der Waals surface area contributed by atoms with Crippen LogP contribution in [0.1, 0.15) is 42.1 Å². The maximum absolute atomic E-state index is 5.77. The van der Waals surface area contributed by atoms with Crippen molar-refractivity contribution < 1.29 is 4.74 Å². The first-order valence-electron chi connectivity index (χ1n) is 8.11. The zero-order valence-electron chi connectivity index (χ0n) is 14.2. The zero-order chi connectivity index (χ0) is 16.4. The quantitative estimate of drug-likeness (QED) is 0.850. The van der Waals surface area contributed by atoms with E-state index in [0.29, 0.717) is 6.61 Å². The number of aryl methyl sites for hydroxylation is 1. The average molecular weight is 309 g/mol. The maximum atomic E-state index is 5.77. The Morgan fingerprint density at radius 2 is 2.09 bits per heavy atom. The predicted octanol–water partition coefficient (Wildman–Crippen LogP) is 4.29. The second kappa shape index (κ2) is 6.32. The number of aliphatic imine (C=N–C) groups is 1. The minimum atomic E-state index is 0.625. The lowest BCUT2D eigenvalue weighted by Gasteiger charge is -2.04. The number of aromatic nitrogens is 2. The highest BCUT2D eigenvalue weighted by Crippen LogP contribution is 2.27. The summed E-state index contributed by atoms with van der Waals surface area (Å²) in [5, 5.41) is 0. The molecular weight excluding hydrogens is 286 g/mol. The standard InChI is InChI=1S/C19H23N3O/c1-5-14-12(3)16(21-13(14)4)10-18-19(23-6-2)11-17(22-18)15-8-7-9-20-15/h7-11,20-21H,5-6H2,1-4H3. The molecule has 2 N–H and O–H groups in total. The molecule has 0 aliphatic carbocycles. The molecular formula is C19H23N3O. The Labute approximate surface area is 137 Å². The van der Waals surface area contributed by atoms with Crippen LogP contribution in [0.5, 0.6) is 0 Å². The molecule has 3 heterocycles. The van der Waals surface area contributed by atoms with E-state index in [1.165, 1.54) is 16.8 Å². The van der Waals surface area contributed by atoms with Crippen molar-refractivity contribution in [2.45, 2.75) is 34.1 Å². The second-order valence-corrected chi connectivity index (χ2v) is 5.67. The molecule has 0 aromatic carbocycles. The van der Waals surface area contributed by atoms with Gasteiger partial charge >= 0.3 is 0 Å². The number of allylic oxidation sites excluding steroid dienone is 1. The third-order valence-corrected chi connectivity index (χ3v) is 4.20. The van der Waals surface area contributed by atoms with Gasteiger partial charge in [0.2, 0.25) is 0 Å². The van der Waals surface area contributed by atoms with Gasteiger partial charge in [-0.05, 0) is 56.5 Å².